The molecule has 4 rings (SSSR count). The molecule has 8 heteroatoms. The smallest absolute Gasteiger partial charge is 0.251 e. The summed E-state index contributed by atoms with van der Waals surface area (Å²) >= 11 is 0. The molecule has 0 radical (unpaired) electrons. The van der Waals surface area contributed by atoms with Crippen molar-refractivity contribution in [2.45, 2.75) is 25.0 Å². The summed E-state index contributed by atoms with van der Waals surface area (Å²) in [6.45, 7) is 2.17. The first-order chi connectivity index (χ1) is 15.6. The van der Waals surface area contributed by atoms with Crippen LogP contribution in [0.1, 0.15) is 23.2 Å². The summed E-state index contributed by atoms with van der Waals surface area (Å²) in [6, 6.07) is 14.6. The van der Waals surface area contributed by atoms with Crippen molar-refractivity contribution in [1.29, 1.82) is 0 Å². The van der Waals surface area contributed by atoms with E-state index in [0.717, 1.165) is 18.6 Å². The Balaban J connectivity index is 1.22. The van der Waals surface area contributed by atoms with Crippen molar-refractivity contribution < 1.29 is 28.5 Å². The molecule has 0 spiro atoms. The number of piperidine rings is 1. The number of nitrogens with zero attached hydrogens (tertiary/aromatic N) is 1. The fourth-order valence-electron chi connectivity index (χ4n) is 3.79. The van der Waals surface area contributed by atoms with Gasteiger partial charge in [0.2, 0.25) is 5.91 Å². The molecule has 0 aromatic heterocycles. The van der Waals surface area contributed by atoms with Gasteiger partial charge in [0.25, 0.3) is 5.91 Å². The van der Waals surface area contributed by atoms with Crippen LogP contribution < -0.4 is 19.5 Å². The van der Waals surface area contributed by atoms with Crippen LogP contribution >= 0.6 is 0 Å². The molecule has 2 aromatic carbocycles. The van der Waals surface area contributed by atoms with Crippen LogP contribution in [0.3, 0.4) is 0 Å². The van der Waals surface area contributed by atoms with Crippen LogP contribution in [-0.4, -0.2) is 68.9 Å². The molecule has 170 valence electrons. The molecule has 1 atom stereocenters. The highest BCUT2D eigenvalue weighted by Crippen LogP contribution is 2.30. The van der Waals surface area contributed by atoms with Crippen molar-refractivity contribution in [3.8, 4) is 17.2 Å². The first-order valence-electron chi connectivity index (χ1n) is 10.8. The largest absolute Gasteiger partial charge is 0.490 e. The Kier molecular flexibility index (Phi) is 7.11. The SMILES string of the molecule is COCC(=O)N1CCC(Oc2ccc(C(=O)NC[C@@H]3COc4ccccc4O3)cc2)CC1. The Morgan fingerprint density at radius 2 is 1.78 bits per heavy atom. The quantitative estimate of drug-likeness (QED) is 0.711. The number of carbonyl (C=O) groups is 2. The zero-order valence-corrected chi connectivity index (χ0v) is 18.1. The zero-order chi connectivity index (χ0) is 22.3. The summed E-state index contributed by atoms with van der Waals surface area (Å²) in [5.74, 6) is 1.95. The number of nitrogens with one attached hydrogen (secondary N) is 1. The first kappa shape index (κ1) is 22.0. The topological polar surface area (TPSA) is 86.3 Å². The van der Waals surface area contributed by atoms with Gasteiger partial charge in [0.1, 0.15) is 31.2 Å². The Labute approximate surface area is 187 Å². The molecule has 0 bridgehead atoms. The predicted molar refractivity (Wildman–Crippen MR) is 117 cm³/mol. The molecular formula is C24H28N2O6. The predicted octanol–water partition coefficient (Wildman–Crippen LogP) is 2.27. The van der Waals surface area contributed by atoms with Gasteiger partial charge in [0.15, 0.2) is 11.5 Å². The summed E-state index contributed by atoms with van der Waals surface area (Å²) in [4.78, 5) is 26.2. The minimum absolute atomic E-state index is 0.00992. The summed E-state index contributed by atoms with van der Waals surface area (Å²) in [7, 11) is 1.52. The van der Waals surface area contributed by atoms with Crippen LogP contribution in [0, 0.1) is 0 Å². The average molecular weight is 440 g/mol. The van der Waals surface area contributed by atoms with Crippen molar-refractivity contribution in [2.75, 3.05) is 40.0 Å². The maximum absolute atomic E-state index is 12.5. The van der Waals surface area contributed by atoms with Gasteiger partial charge in [-0.1, -0.05) is 12.1 Å². The van der Waals surface area contributed by atoms with Crippen LogP contribution in [0.15, 0.2) is 48.5 Å². The molecule has 0 saturated carbocycles. The normalized spacial score (nSPS) is 18.2. The van der Waals surface area contributed by atoms with E-state index in [2.05, 4.69) is 5.32 Å². The van der Waals surface area contributed by atoms with E-state index in [9.17, 15) is 9.59 Å². The number of likely N-dealkylation sites (tertiary alicyclic amines) is 1. The number of ether oxygens (including phenoxy) is 4. The van der Waals surface area contributed by atoms with Crippen molar-refractivity contribution in [3.63, 3.8) is 0 Å². The highest BCUT2D eigenvalue weighted by atomic mass is 16.6. The fourth-order valence-corrected chi connectivity index (χ4v) is 3.79. The second-order valence-corrected chi connectivity index (χ2v) is 7.86. The third-order valence-corrected chi connectivity index (χ3v) is 5.54. The Morgan fingerprint density at radius 1 is 1.06 bits per heavy atom. The maximum atomic E-state index is 12.5. The van der Waals surface area contributed by atoms with E-state index >= 15 is 0 Å². The Morgan fingerprint density at radius 3 is 2.50 bits per heavy atom. The van der Waals surface area contributed by atoms with E-state index in [1.54, 1.807) is 29.2 Å². The lowest BCUT2D eigenvalue weighted by molar-refractivity contribution is -0.136. The number of fused-ring (bicyclic) bond motifs is 1. The molecule has 32 heavy (non-hydrogen) atoms. The first-order valence-corrected chi connectivity index (χ1v) is 10.8. The van der Waals surface area contributed by atoms with E-state index in [-0.39, 0.29) is 30.6 Å². The maximum Gasteiger partial charge on any atom is 0.251 e. The lowest BCUT2D eigenvalue weighted by Gasteiger charge is -2.32. The highest BCUT2D eigenvalue weighted by molar-refractivity contribution is 5.94. The summed E-state index contributed by atoms with van der Waals surface area (Å²) < 4.78 is 22.5. The third-order valence-electron chi connectivity index (χ3n) is 5.54. The van der Waals surface area contributed by atoms with Gasteiger partial charge in [0, 0.05) is 38.6 Å². The van der Waals surface area contributed by atoms with Crippen LogP contribution in [0.4, 0.5) is 0 Å². The molecule has 1 fully saturated rings. The van der Waals surface area contributed by atoms with Gasteiger partial charge in [-0.05, 0) is 36.4 Å². The number of benzene rings is 2. The minimum Gasteiger partial charge on any atom is -0.490 e. The molecule has 1 N–H and O–H groups in total. The minimum atomic E-state index is -0.238. The van der Waals surface area contributed by atoms with Crippen molar-refractivity contribution in [3.05, 3.63) is 54.1 Å². The number of para-hydroxylation sites is 2. The molecule has 8 nitrogen and oxygen atoms in total. The van der Waals surface area contributed by atoms with Gasteiger partial charge in [-0.2, -0.15) is 0 Å². The lowest BCUT2D eigenvalue weighted by Crippen LogP contribution is -2.43. The number of hydrogen-bond donors (Lipinski definition) is 1. The number of amides is 2. The molecule has 0 aliphatic carbocycles. The van der Waals surface area contributed by atoms with Crippen LogP contribution in [0.25, 0.3) is 0 Å². The molecule has 2 amide bonds. The average Bonchev–Trinajstić information content (AvgIpc) is 2.83. The summed E-state index contributed by atoms with van der Waals surface area (Å²) in [5, 5.41) is 2.89. The summed E-state index contributed by atoms with van der Waals surface area (Å²) in [6.07, 6.45) is 1.35. The Bertz CT molecular complexity index is 924. The van der Waals surface area contributed by atoms with Crippen LogP contribution in [0.2, 0.25) is 0 Å². The third kappa shape index (κ3) is 5.50. The van der Waals surface area contributed by atoms with Gasteiger partial charge in [-0.25, -0.2) is 0 Å². The standard InChI is InChI=1S/C24H28N2O6/c1-29-16-23(27)26-12-10-19(11-13-26)31-18-8-6-17(7-9-18)24(28)25-14-20-15-30-21-4-2-3-5-22(21)32-20/h2-9,19-20H,10-16H2,1H3,(H,25,28)/t20-/m1/s1. The monoisotopic (exact) mass is 440 g/mol. The molecule has 2 heterocycles. The zero-order valence-electron chi connectivity index (χ0n) is 18.1. The van der Waals surface area contributed by atoms with E-state index in [4.69, 9.17) is 18.9 Å². The van der Waals surface area contributed by atoms with Crippen LogP contribution in [0.5, 0.6) is 17.2 Å². The van der Waals surface area contributed by atoms with Gasteiger partial charge in [-0.15, -0.1) is 0 Å². The molecule has 2 aliphatic heterocycles. The van der Waals surface area contributed by atoms with E-state index in [0.29, 0.717) is 43.3 Å². The molecule has 1 saturated heterocycles. The van der Waals surface area contributed by atoms with Crippen molar-refractivity contribution >= 4 is 11.8 Å². The number of carbonyl (C=O) groups excluding carboxylic acids is 2. The van der Waals surface area contributed by atoms with E-state index < -0.39 is 0 Å². The summed E-state index contributed by atoms with van der Waals surface area (Å²) in [5.41, 5.74) is 0.550. The van der Waals surface area contributed by atoms with Gasteiger partial charge in [0.05, 0.1) is 6.54 Å². The number of methoxy groups -OCH3 is 1. The number of hydrogen-bond acceptors (Lipinski definition) is 6. The molecule has 2 aromatic rings. The second kappa shape index (κ2) is 10.4. The van der Waals surface area contributed by atoms with E-state index in [1.807, 2.05) is 24.3 Å². The number of rotatable bonds is 7. The van der Waals surface area contributed by atoms with Gasteiger partial charge in [-0.3, -0.25) is 9.59 Å². The molecular weight excluding hydrogens is 412 g/mol. The van der Waals surface area contributed by atoms with Gasteiger partial charge < -0.3 is 29.2 Å². The Hall–Kier alpha value is -3.26. The van der Waals surface area contributed by atoms with Crippen molar-refractivity contribution in [2.24, 2.45) is 0 Å². The lowest BCUT2D eigenvalue weighted by atomic mass is 10.1. The molecule has 0 unspecified atom stereocenters. The fraction of sp³-hybridized carbons (Fsp3) is 0.417. The van der Waals surface area contributed by atoms with Crippen molar-refractivity contribution in [1.82, 2.24) is 10.2 Å². The van der Waals surface area contributed by atoms with Crippen LogP contribution in [-0.2, 0) is 9.53 Å². The van der Waals surface area contributed by atoms with E-state index in [1.165, 1.54) is 7.11 Å². The highest BCUT2D eigenvalue weighted by Gasteiger charge is 2.24. The second-order valence-electron chi connectivity index (χ2n) is 7.86. The van der Waals surface area contributed by atoms with Gasteiger partial charge >= 0.3 is 0 Å². The molecule has 2 aliphatic rings.